The van der Waals surface area contributed by atoms with Crippen molar-refractivity contribution in [2.75, 3.05) is 6.61 Å². The van der Waals surface area contributed by atoms with Gasteiger partial charge in [0.1, 0.15) is 12.2 Å². The Bertz CT molecular complexity index is 843. The first-order valence-corrected chi connectivity index (χ1v) is 9.19. The lowest BCUT2D eigenvalue weighted by molar-refractivity contribution is -0.344. The molecule has 2 saturated carbocycles. The molecule has 180 valence electrons. The van der Waals surface area contributed by atoms with Gasteiger partial charge in [-0.3, -0.25) is 9.59 Å². The Kier molecular flexibility index (Phi) is 5.74. The smallest absolute Gasteiger partial charge is 0.381 e. The summed E-state index contributed by atoms with van der Waals surface area (Å²) >= 11 is 0. The topological polar surface area (TPSA) is 78.9 Å². The molecule has 2 bridgehead atoms. The number of hydrogen-bond donors (Lipinski definition) is 0. The van der Waals surface area contributed by atoms with Crippen LogP contribution in [0.5, 0.6) is 0 Å². The Labute approximate surface area is 174 Å². The lowest BCUT2D eigenvalue weighted by Crippen LogP contribution is -2.59. The number of ether oxygens (including phenoxy) is 3. The predicted octanol–water partition coefficient (Wildman–Crippen LogP) is 3.00. The molecule has 1 heterocycles. The molecule has 0 aromatic carbocycles. The van der Waals surface area contributed by atoms with Gasteiger partial charge in [0, 0.05) is 17.4 Å². The maximum atomic E-state index is 13.7. The summed E-state index contributed by atoms with van der Waals surface area (Å²) < 4.78 is 119. The van der Waals surface area contributed by atoms with Crippen molar-refractivity contribution in [1.29, 1.82) is 0 Å². The molecule has 0 amide bonds. The molecule has 1 aliphatic heterocycles. The van der Waals surface area contributed by atoms with Crippen molar-refractivity contribution in [1.82, 2.24) is 0 Å². The maximum Gasteiger partial charge on any atom is 0.381 e. The summed E-state index contributed by atoms with van der Waals surface area (Å²) in [6.07, 6.45) is -7.13. The van der Waals surface area contributed by atoms with Gasteiger partial charge in [-0.05, 0) is 13.3 Å². The van der Waals surface area contributed by atoms with Crippen LogP contribution < -0.4 is 0 Å². The van der Waals surface area contributed by atoms with Crippen molar-refractivity contribution in [2.24, 2.45) is 23.7 Å². The first kappa shape index (κ1) is 24.2. The third-order valence-corrected chi connectivity index (χ3v) is 5.96. The second-order valence-corrected chi connectivity index (χ2v) is 7.98. The first-order chi connectivity index (χ1) is 14.5. The van der Waals surface area contributed by atoms with Crippen molar-refractivity contribution in [3.05, 3.63) is 12.2 Å². The monoisotopic (exact) mass is 480 g/mol. The van der Waals surface area contributed by atoms with Crippen LogP contribution in [0.25, 0.3) is 0 Å². The average Bonchev–Trinajstić information content (AvgIpc) is 3.29. The first-order valence-electron chi connectivity index (χ1n) is 9.19. The number of carbonyl (C=O) groups excluding carboxylic acids is 3. The largest absolute Gasteiger partial charge is 0.459 e. The van der Waals surface area contributed by atoms with Crippen molar-refractivity contribution in [3.8, 4) is 0 Å². The molecule has 0 aromatic rings. The van der Waals surface area contributed by atoms with Crippen LogP contribution in [0.1, 0.15) is 13.3 Å². The molecule has 1 saturated heterocycles. The highest BCUT2D eigenvalue weighted by Crippen LogP contribution is 2.59. The second kappa shape index (κ2) is 7.58. The fraction of sp³-hybridized carbons (Fsp3) is 0.722. The Morgan fingerprint density at radius 2 is 1.75 bits per heavy atom. The third-order valence-electron chi connectivity index (χ3n) is 5.96. The SMILES string of the molecule is C=C(C)C(=O)OC1C2CC3C1OC(=O)C3C2C(=O)OCC(F)(F)C(F)(F)C(F)(F)C(F)F. The molecule has 2 aliphatic carbocycles. The molecule has 0 aromatic heterocycles. The molecule has 32 heavy (non-hydrogen) atoms. The molecule has 3 fully saturated rings. The normalized spacial score (nSPS) is 31.6. The van der Waals surface area contributed by atoms with Crippen LogP contribution >= 0.6 is 0 Å². The standard InChI is InChI=1S/C18H16F8O6/c1-5(2)12(27)31-10-6-3-7-9(14(29)32-11(7)10)8(6)13(28)30-4-16(21,22)18(25,26)17(23,24)15(19)20/h6-11,15H,1,3-4H2,2H3. The minimum absolute atomic E-state index is 0.0328. The van der Waals surface area contributed by atoms with Crippen LogP contribution in [0.2, 0.25) is 0 Å². The van der Waals surface area contributed by atoms with Gasteiger partial charge in [0.15, 0.2) is 6.61 Å². The van der Waals surface area contributed by atoms with E-state index in [1.807, 2.05) is 0 Å². The predicted molar refractivity (Wildman–Crippen MR) is 85.0 cm³/mol. The zero-order valence-corrected chi connectivity index (χ0v) is 16.1. The van der Waals surface area contributed by atoms with Gasteiger partial charge in [0.2, 0.25) is 0 Å². The van der Waals surface area contributed by atoms with Crippen LogP contribution in [0.3, 0.4) is 0 Å². The number of esters is 3. The van der Waals surface area contributed by atoms with E-state index >= 15 is 0 Å². The Morgan fingerprint density at radius 1 is 1.16 bits per heavy atom. The van der Waals surface area contributed by atoms with Crippen LogP contribution in [0, 0.1) is 23.7 Å². The van der Waals surface area contributed by atoms with E-state index in [0.717, 1.165) is 0 Å². The van der Waals surface area contributed by atoms with E-state index in [4.69, 9.17) is 9.47 Å². The fourth-order valence-electron chi connectivity index (χ4n) is 4.42. The number of hydrogen-bond acceptors (Lipinski definition) is 6. The lowest BCUT2D eigenvalue weighted by Gasteiger charge is -2.33. The number of rotatable bonds is 8. The summed E-state index contributed by atoms with van der Waals surface area (Å²) in [5.74, 6) is -26.6. The summed E-state index contributed by atoms with van der Waals surface area (Å²) in [4.78, 5) is 36.3. The molecule has 14 heteroatoms. The highest BCUT2D eigenvalue weighted by Gasteiger charge is 2.76. The molecular weight excluding hydrogens is 464 g/mol. The van der Waals surface area contributed by atoms with E-state index in [1.165, 1.54) is 6.92 Å². The van der Waals surface area contributed by atoms with E-state index in [1.54, 1.807) is 0 Å². The van der Waals surface area contributed by atoms with Crippen molar-refractivity contribution >= 4 is 17.9 Å². The van der Waals surface area contributed by atoms with Gasteiger partial charge in [-0.25, -0.2) is 13.6 Å². The lowest BCUT2D eigenvalue weighted by atomic mass is 9.78. The van der Waals surface area contributed by atoms with Crippen molar-refractivity contribution < 1.29 is 63.7 Å². The molecule has 3 aliphatic rings. The number of halogens is 8. The summed E-state index contributed by atoms with van der Waals surface area (Å²) in [5, 5.41) is 0. The molecule has 6 atom stereocenters. The molecule has 6 nitrogen and oxygen atoms in total. The molecule has 6 unspecified atom stereocenters. The Hall–Kier alpha value is -2.41. The van der Waals surface area contributed by atoms with Crippen LogP contribution in [-0.2, 0) is 28.6 Å². The molecule has 0 radical (unpaired) electrons. The summed E-state index contributed by atoms with van der Waals surface area (Å²) in [6.45, 7) is 2.02. The number of alkyl halides is 8. The molecular formula is C18H16F8O6. The van der Waals surface area contributed by atoms with Gasteiger partial charge in [0.25, 0.3) is 0 Å². The summed E-state index contributed by atoms with van der Waals surface area (Å²) in [6, 6.07) is 0. The molecule has 0 N–H and O–H groups in total. The van der Waals surface area contributed by atoms with E-state index in [9.17, 15) is 49.5 Å². The quantitative estimate of drug-likeness (QED) is 0.230. The van der Waals surface area contributed by atoms with Crippen LogP contribution in [0.4, 0.5) is 35.1 Å². The summed E-state index contributed by atoms with van der Waals surface area (Å²) in [5.41, 5.74) is -0.0328. The highest BCUT2D eigenvalue weighted by molar-refractivity contribution is 5.88. The van der Waals surface area contributed by atoms with Crippen LogP contribution in [-0.4, -0.2) is 60.9 Å². The molecule has 0 spiro atoms. The highest BCUT2D eigenvalue weighted by atomic mass is 19.4. The van der Waals surface area contributed by atoms with Gasteiger partial charge < -0.3 is 14.2 Å². The zero-order chi connectivity index (χ0) is 24.4. The minimum atomic E-state index is -6.54. The zero-order valence-electron chi connectivity index (χ0n) is 16.1. The van der Waals surface area contributed by atoms with E-state index in [0.29, 0.717) is 0 Å². The Morgan fingerprint density at radius 3 is 2.28 bits per heavy atom. The fourth-order valence-corrected chi connectivity index (χ4v) is 4.42. The molecule has 3 rings (SSSR count). The Balaban J connectivity index is 1.76. The van der Waals surface area contributed by atoms with Gasteiger partial charge in [0.05, 0.1) is 11.8 Å². The third kappa shape index (κ3) is 3.41. The van der Waals surface area contributed by atoms with Gasteiger partial charge in [-0.2, -0.15) is 26.3 Å². The van der Waals surface area contributed by atoms with E-state index < -0.39 is 84.6 Å². The maximum absolute atomic E-state index is 13.7. The van der Waals surface area contributed by atoms with Crippen LogP contribution in [0.15, 0.2) is 12.2 Å². The number of fused-ring (bicyclic) bond motifs is 1. The average molecular weight is 480 g/mol. The minimum Gasteiger partial charge on any atom is -0.459 e. The van der Waals surface area contributed by atoms with Gasteiger partial charge in [-0.15, -0.1) is 0 Å². The van der Waals surface area contributed by atoms with E-state index in [2.05, 4.69) is 11.3 Å². The van der Waals surface area contributed by atoms with Crippen molar-refractivity contribution in [3.63, 3.8) is 0 Å². The summed E-state index contributed by atoms with van der Waals surface area (Å²) in [7, 11) is 0. The van der Waals surface area contributed by atoms with Crippen molar-refractivity contribution in [2.45, 2.75) is 49.7 Å². The van der Waals surface area contributed by atoms with E-state index in [-0.39, 0.29) is 12.0 Å². The second-order valence-electron chi connectivity index (χ2n) is 7.98. The van der Waals surface area contributed by atoms with Gasteiger partial charge in [-0.1, -0.05) is 6.58 Å². The van der Waals surface area contributed by atoms with Gasteiger partial charge >= 0.3 is 42.1 Å². The number of carbonyl (C=O) groups is 3.